The SMILES string of the molecule is CCCC1(CN2CCC(C(=O)N3CCN(C(C)C)CC3)CC2)CC1. The van der Waals surface area contributed by atoms with Crippen LogP contribution < -0.4 is 0 Å². The van der Waals surface area contributed by atoms with Crippen LogP contribution in [0.15, 0.2) is 0 Å². The van der Waals surface area contributed by atoms with E-state index in [4.69, 9.17) is 0 Å². The molecule has 0 bridgehead atoms. The maximum absolute atomic E-state index is 12.8. The van der Waals surface area contributed by atoms with E-state index in [1.54, 1.807) is 0 Å². The van der Waals surface area contributed by atoms with E-state index in [9.17, 15) is 4.79 Å². The largest absolute Gasteiger partial charge is 0.340 e. The highest BCUT2D eigenvalue weighted by Crippen LogP contribution is 2.50. The monoisotopic (exact) mass is 335 g/mol. The fourth-order valence-electron chi connectivity index (χ4n) is 4.72. The van der Waals surface area contributed by atoms with Crippen LogP contribution in [0.5, 0.6) is 0 Å². The number of likely N-dealkylation sites (tertiary alicyclic amines) is 1. The Bertz CT molecular complexity index is 417. The third-order valence-electron chi connectivity index (χ3n) is 6.59. The minimum absolute atomic E-state index is 0.285. The predicted molar refractivity (Wildman–Crippen MR) is 99.0 cm³/mol. The van der Waals surface area contributed by atoms with Gasteiger partial charge in [0.05, 0.1) is 0 Å². The van der Waals surface area contributed by atoms with Crippen molar-refractivity contribution < 1.29 is 4.79 Å². The molecule has 3 rings (SSSR count). The zero-order valence-corrected chi connectivity index (χ0v) is 16.1. The normalized spacial score (nSPS) is 26.1. The summed E-state index contributed by atoms with van der Waals surface area (Å²) in [5.74, 6) is 0.723. The quantitative estimate of drug-likeness (QED) is 0.747. The van der Waals surface area contributed by atoms with Crippen LogP contribution in [0.3, 0.4) is 0 Å². The van der Waals surface area contributed by atoms with E-state index in [-0.39, 0.29) is 5.92 Å². The molecule has 138 valence electrons. The van der Waals surface area contributed by atoms with Gasteiger partial charge in [-0.1, -0.05) is 13.3 Å². The Kier molecular flexibility index (Phi) is 5.86. The molecule has 0 aromatic rings. The van der Waals surface area contributed by atoms with E-state index in [2.05, 4.69) is 35.5 Å². The summed E-state index contributed by atoms with van der Waals surface area (Å²) in [6.07, 6.45) is 7.72. The Morgan fingerprint density at radius 1 is 1.04 bits per heavy atom. The van der Waals surface area contributed by atoms with Crippen LogP contribution in [0.1, 0.15) is 59.3 Å². The number of piperidine rings is 1. The van der Waals surface area contributed by atoms with Crippen LogP contribution in [0.2, 0.25) is 0 Å². The van der Waals surface area contributed by atoms with Crippen molar-refractivity contribution >= 4 is 5.91 Å². The minimum Gasteiger partial charge on any atom is -0.340 e. The molecule has 3 aliphatic rings. The molecule has 0 radical (unpaired) electrons. The van der Waals surface area contributed by atoms with Crippen LogP contribution in [0, 0.1) is 11.3 Å². The van der Waals surface area contributed by atoms with Gasteiger partial charge in [-0.05, 0) is 64.5 Å². The third-order valence-corrected chi connectivity index (χ3v) is 6.59. The van der Waals surface area contributed by atoms with Gasteiger partial charge in [0.15, 0.2) is 0 Å². The van der Waals surface area contributed by atoms with Crippen molar-refractivity contribution in [2.45, 2.75) is 65.3 Å². The molecule has 0 spiro atoms. The van der Waals surface area contributed by atoms with Crippen molar-refractivity contribution in [3.8, 4) is 0 Å². The number of hydrogen-bond acceptors (Lipinski definition) is 3. The zero-order chi connectivity index (χ0) is 17.2. The first-order valence-corrected chi connectivity index (χ1v) is 10.3. The van der Waals surface area contributed by atoms with Crippen LogP contribution >= 0.6 is 0 Å². The first kappa shape index (κ1) is 18.2. The summed E-state index contributed by atoms with van der Waals surface area (Å²) in [5, 5.41) is 0. The molecule has 2 heterocycles. The molecule has 2 aliphatic heterocycles. The highest BCUT2D eigenvalue weighted by atomic mass is 16.2. The summed E-state index contributed by atoms with van der Waals surface area (Å²) in [6.45, 7) is 14.3. The molecule has 1 aliphatic carbocycles. The fourth-order valence-corrected chi connectivity index (χ4v) is 4.72. The summed E-state index contributed by atoms with van der Waals surface area (Å²) in [4.78, 5) is 20.1. The van der Waals surface area contributed by atoms with E-state index in [0.717, 1.165) is 52.1 Å². The first-order valence-electron chi connectivity index (χ1n) is 10.3. The van der Waals surface area contributed by atoms with Gasteiger partial charge >= 0.3 is 0 Å². The molecule has 0 atom stereocenters. The molecule has 1 saturated carbocycles. The van der Waals surface area contributed by atoms with E-state index >= 15 is 0 Å². The van der Waals surface area contributed by atoms with Gasteiger partial charge in [-0.15, -0.1) is 0 Å². The van der Waals surface area contributed by atoms with Gasteiger partial charge < -0.3 is 9.80 Å². The Balaban J connectivity index is 1.41. The second kappa shape index (κ2) is 7.74. The molecule has 3 fully saturated rings. The standard InChI is InChI=1S/C20H37N3O/c1-4-7-20(8-9-20)16-21-10-5-18(6-11-21)19(24)23-14-12-22(13-15-23)17(2)3/h17-18H,4-16H2,1-3H3. The van der Waals surface area contributed by atoms with Gasteiger partial charge in [0, 0.05) is 44.7 Å². The highest BCUT2D eigenvalue weighted by molar-refractivity contribution is 5.79. The predicted octanol–water partition coefficient (Wildman–Crippen LogP) is 2.83. The van der Waals surface area contributed by atoms with Crippen molar-refractivity contribution in [1.82, 2.24) is 14.7 Å². The van der Waals surface area contributed by atoms with E-state index in [1.165, 1.54) is 32.2 Å². The van der Waals surface area contributed by atoms with Crippen LogP contribution in [0.25, 0.3) is 0 Å². The van der Waals surface area contributed by atoms with Crippen molar-refractivity contribution in [2.75, 3.05) is 45.8 Å². The second-order valence-corrected chi connectivity index (χ2v) is 8.76. The van der Waals surface area contributed by atoms with E-state index in [0.29, 0.717) is 17.4 Å². The third kappa shape index (κ3) is 4.32. The van der Waals surface area contributed by atoms with Crippen molar-refractivity contribution in [3.05, 3.63) is 0 Å². The Morgan fingerprint density at radius 2 is 1.67 bits per heavy atom. The van der Waals surface area contributed by atoms with Gasteiger partial charge in [0.2, 0.25) is 5.91 Å². The number of nitrogens with zero attached hydrogens (tertiary/aromatic N) is 3. The Morgan fingerprint density at radius 3 is 2.17 bits per heavy atom. The molecular weight excluding hydrogens is 298 g/mol. The molecule has 4 nitrogen and oxygen atoms in total. The number of amides is 1. The first-order chi connectivity index (χ1) is 11.5. The lowest BCUT2D eigenvalue weighted by Gasteiger charge is -2.40. The molecule has 4 heteroatoms. The van der Waals surface area contributed by atoms with E-state index < -0.39 is 0 Å². The van der Waals surface area contributed by atoms with Gasteiger partial charge in [0.1, 0.15) is 0 Å². The summed E-state index contributed by atoms with van der Waals surface area (Å²) in [7, 11) is 0. The van der Waals surface area contributed by atoms with Gasteiger partial charge in [-0.25, -0.2) is 0 Å². The lowest BCUT2D eigenvalue weighted by atomic mass is 9.92. The van der Waals surface area contributed by atoms with Crippen molar-refractivity contribution in [1.29, 1.82) is 0 Å². The summed E-state index contributed by atoms with van der Waals surface area (Å²) in [6, 6.07) is 0.600. The molecule has 2 saturated heterocycles. The maximum atomic E-state index is 12.8. The molecule has 0 aromatic carbocycles. The lowest BCUT2D eigenvalue weighted by molar-refractivity contribution is -0.139. The number of carbonyl (C=O) groups is 1. The molecule has 24 heavy (non-hydrogen) atoms. The molecule has 0 N–H and O–H groups in total. The maximum Gasteiger partial charge on any atom is 0.225 e. The smallest absolute Gasteiger partial charge is 0.225 e. The van der Waals surface area contributed by atoms with E-state index in [1.807, 2.05) is 0 Å². The van der Waals surface area contributed by atoms with Gasteiger partial charge in [-0.3, -0.25) is 9.69 Å². The number of carbonyl (C=O) groups excluding carboxylic acids is 1. The Hall–Kier alpha value is -0.610. The lowest BCUT2D eigenvalue weighted by Crippen LogP contribution is -2.53. The second-order valence-electron chi connectivity index (χ2n) is 8.76. The molecule has 0 aromatic heterocycles. The zero-order valence-electron chi connectivity index (χ0n) is 16.1. The van der Waals surface area contributed by atoms with Crippen LogP contribution in [-0.4, -0.2) is 72.5 Å². The minimum atomic E-state index is 0.285. The summed E-state index contributed by atoms with van der Waals surface area (Å²) < 4.78 is 0. The summed E-state index contributed by atoms with van der Waals surface area (Å²) >= 11 is 0. The Labute approximate surface area is 148 Å². The topological polar surface area (TPSA) is 26.8 Å². The fraction of sp³-hybridized carbons (Fsp3) is 0.950. The number of rotatable bonds is 6. The van der Waals surface area contributed by atoms with Crippen molar-refractivity contribution in [2.24, 2.45) is 11.3 Å². The van der Waals surface area contributed by atoms with Crippen LogP contribution in [0.4, 0.5) is 0 Å². The van der Waals surface area contributed by atoms with Gasteiger partial charge in [-0.2, -0.15) is 0 Å². The molecule has 1 amide bonds. The summed E-state index contributed by atoms with van der Waals surface area (Å²) in [5.41, 5.74) is 0.652. The molecular formula is C20H37N3O. The molecule has 0 unspecified atom stereocenters. The van der Waals surface area contributed by atoms with Crippen LogP contribution in [-0.2, 0) is 4.79 Å². The average Bonchev–Trinajstić information content (AvgIpc) is 3.34. The highest BCUT2D eigenvalue weighted by Gasteiger charge is 2.43. The number of hydrogen-bond donors (Lipinski definition) is 0. The average molecular weight is 336 g/mol. The van der Waals surface area contributed by atoms with Crippen molar-refractivity contribution in [3.63, 3.8) is 0 Å². The van der Waals surface area contributed by atoms with Gasteiger partial charge in [0.25, 0.3) is 0 Å². The number of piperazine rings is 1.